The van der Waals surface area contributed by atoms with Gasteiger partial charge in [0.05, 0.1) is 22.6 Å². The van der Waals surface area contributed by atoms with Gasteiger partial charge in [0.1, 0.15) is 5.75 Å². The summed E-state index contributed by atoms with van der Waals surface area (Å²) in [7, 11) is -6.45. The second-order valence-corrected chi connectivity index (χ2v) is 8.15. The van der Waals surface area contributed by atoms with Crippen molar-refractivity contribution in [1.29, 1.82) is 0 Å². The Morgan fingerprint density at radius 2 is 1.57 bits per heavy atom. The minimum Gasteiger partial charge on any atom is -0.495 e. The van der Waals surface area contributed by atoms with E-state index >= 15 is 0 Å². The van der Waals surface area contributed by atoms with E-state index in [0.717, 1.165) is 24.3 Å². The van der Waals surface area contributed by atoms with E-state index < -0.39 is 20.0 Å². The van der Waals surface area contributed by atoms with Crippen molar-refractivity contribution in [3.8, 4) is 5.75 Å². The molecule has 0 fully saturated rings. The lowest BCUT2D eigenvalue weighted by Gasteiger charge is -2.12. The van der Waals surface area contributed by atoms with Gasteiger partial charge in [-0.3, -0.25) is 4.72 Å². The first-order chi connectivity index (χ1) is 10.6. The molecule has 0 aromatic heterocycles. The molecule has 10 heteroatoms. The van der Waals surface area contributed by atoms with E-state index in [1.54, 1.807) is 6.07 Å². The van der Waals surface area contributed by atoms with Crippen LogP contribution in [-0.4, -0.2) is 23.9 Å². The Morgan fingerprint density at radius 3 is 2.09 bits per heavy atom. The van der Waals surface area contributed by atoms with Crippen molar-refractivity contribution in [3.63, 3.8) is 0 Å². The molecule has 0 amide bonds. The second kappa shape index (κ2) is 6.36. The smallest absolute Gasteiger partial charge is 0.262 e. The summed E-state index contributed by atoms with van der Waals surface area (Å²) < 4.78 is 54.5. The maximum absolute atomic E-state index is 12.4. The highest BCUT2D eigenvalue weighted by atomic mass is 35.5. The molecule has 7 nitrogen and oxygen atoms in total. The predicted octanol–water partition coefficient (Wildman–Crippen LogP) is 1.80. The normalized spacial score (nSPS) is 12.0. The first kappa shape index (κ1) is 17.5. The predicted molar refractivity (Wildman–Crippen MR) is 86.6 cm³/mol. The van der Waals surface area contributed by atoms with Crippen molar-refractivity contribution >= 4 is 37.3 Å². The summed E-state index contributed by atoms with van der Waals surface area (Å²) in [5.74, 6) is 0.291. The molecule has 2 aromatic rings. The topological polar surface area (TPSA) is 116 Å². The van der Waals surface area contributed by atoms with Crippen LogP contribution >= 0.6 is 11.6 Å². The average molecular weight is 377 g/mol. The van der Waals surface area contributed by atoms with Crippen molar-refractivity contribution in [2.24, 2.45) is 5.14 Å². The number of hydrogen-bond acceptors (Lipinski definition) is 5. The lowest BCUT2D eigenvalue weighted by atomic mass is 10.3. The molecule has 2 aromatic carbocycles. The monoisotopic (exact) mass is 376 g/mol. The number of nitrogens with one attached hydrogen (secondary N) is 1. The van der Waals surface area contributed by atoms with E-state index in [2.05, 4.69) is 4.72 Å². The Balaban J connectivity index is 2.38. The molecule has 0 aliphatic rings. The molecule has 0 saturated heterocycles. The fraction of sp³-hybridized carbons (Fsp3) is 0.0769. The highest BCUT2D eigenvalue weighted by Gasteiger charge is 2.18. The second-order valence-electron chi connectivity index (χ2n) is 4.47. The van der Waals surface area contributed by atoms with Crippen LogP contribution in [0.1, 0.15) is 0 Å². The third-order valence-electron chi connectivity index (χ3n) is 2.87. The third-order valence-corrected chi connectivity index (χ3v) is 5.41. The number of anilines is 1. The minimum atomic E-state index is -3.95. The van der Waals surface area contributed by atoms with Crippen LogP contribution in [0.2, 0.25) is 5.02 Å². The number of hydrogen-bond donors (Lipinski definition) is 2. The molecule has 0 aliphatic carbocycles. The fourth-order valence-corrected chi connectivity index (χ4v) is 3.52. The largest absolute Gasteiger partial charge is 0.495 e. The lowest BCUT2D eigenvalue weighted by molar-refractivity contribution is 0.417. The highest BCUT2D eigenvalue weighted by Crippen LogP contribution is 2.29. The first-order valence-electron chi connectivity index (χ1n) is 6.13. The molecule has 0 spiro atoms. The van der Waals surface area contributed by atoms with Gasteiger partial charge in [-0.05, 0) is 42.5 Å². The number of rotatable bonds is 5. The van der Waals surface area contributed by atoms with Gasteiger partial charge in [0.15, 0.2) is 0 Å². The maximum atomic E-state index is 12.4. The molecule has 0 atom stereocenters. The molecule has 0 aliphatic heterocycles. The molecule has 124 valence electrons. The number of halogens is 1. The maximum Gasteiger partial charge on any atom is 0.262 e. The van der Waals surface area contributed by atoms with Crippen molar-refractivity contribution < 1.29 is 21.6 Å². The molecule has 2 rings (SSSR count). The van der Waals surface area contributed by atoms with Crippen molar-refractivity contribution in [2.45, 2.75) is 9.79 Å². The van der Waals surface area contributed by atoms with Gasteiger partial charge in [-0.15, -0.1) is 0 Å². The first-order valence-corrected chi connectivity index (χ1v) is 9.53. The number of methoxy groups -OCH3 is 1. The van der Waals surface area contributed by atoms with E-state index in [1.807, 2.05) is 0 Å². The van der Waals surface area contributed by atoms with Crippen LogP contribution in [0.3, 0.4) is 0 Å². The van der Waals surface area contributed by atoms with Gasteiger partial charge < -0.3 is 4.74 Å². The SMILES string of the molecule is COc1ccc(Cl)cc1NS(=O)(=O)c1ccc(S(N)(=O)=O)cc1. The van der Waals surface area contributed by atoms with Gasteiger partial charge in [0.25, 0.3) is 10.0 Å². The van der Waals surface area contributed by atoms with Crippen LogP contribution in [0.25, 0.3) is 0 Å². The zero-order chi connectivity index (χ0) is 17.3. The van der Waals surface area contributed by atoms with Crippen LogP contribution in [0.15, 0.2) is 52.3 Å². The summed E-state index contributed by atoms with van der Waals surface area (Å²) >= 11 is 5.85. The van der Waals surface area contributed by atoms with Crippen LogP contribution in [-0.2, 0) is 20.0 Å². The van der Waals surface area contributed by atoms with Crippen LogP contribution in [0, 0.1) is 0 Å². The summed E-state index contributed by atoms with van der Waals surface area (Å²) in [5.41, 5.74) is 0.163. The molecule has 0 bridgehead atoms. The van der Waals surface area contributed by atoms with E-state index in [4.69, 9.17) is 21.5 Å². The Morgan fingerprint density at radius 1 is 1.00 bits per heavy atom. The number of sulfonamides is 2. The zero-order valence-electron chi connectivity index (χ0n) is 11.9. The van der Waals surface area contributed by atoms with E-state index in [0.29, 0.717) is 10.8 Å². The van der Waals surface area contributed by atoms with Gasteiger partial charge in [-0.2, -0.15) is 0 Å². The average Bonchev–Trinajstić information content (AvgIpc) is 2.46. The molecule has 0 radical (unpaired) electrons. The molecular formula is C13H13ClN2O5S2. The Kier molecular flexibility index (Phi) is 4.85. The summed E-state index contributed by atoms with van der Waals surface area (Å²) in [6, 6.07) is 8.97. The van der Waals surface area contributed by atoms with Gasteiger partial charge in [0, 0.05) is 5.02 Å². The van der Waals surface area contributed by atoms with Gasteiger partial charge in [-0.25, -0.2) is 22.0 Å². The van der Waals surface area contributed by atoms with Crippen LogP contribution < -0.4 is 14.6 Å². The van der Waals surface area contributed by atoms with Crippen LogP contribution in [0.4, 0.5) is 5.69 Å². The minimum absolute atomic E-state index is 0.132. The fourth-order valence-electron chi connectivity index (χ4n) is 1.77. The summed E-state index contributed by atoms with van der Waals surface area (Å²) in [4.78, 5) is -0.316. The highest BCUT2D eigenvalue weighted by molar-refractivity contribution is 7.92. The lowest BCUT2D eigenvalue weighted by Crippen LogP contribution is -2.15. The van der Waals surface area contributed by atoms with Gasteiger partial charge in [-0.1, -0.05) is 11.6 Å². The van der Waals surface area contributed by atoms with Crippen molar-refractivity contribution in [3.05, 3.63) is 47.5 Å². The summed E-state index contributed by atoms with van der Waals surface area (Å²) in [6.07, 6.45) is 0. The van der Waals surface area contributed by atoms with Crippen molar-refractivity contribution in [1.82, 2.24) is 0 Å². The number of nitrogens with two attached hydrogens (primary N) is 1. The third kappa shape index (κ3) is 4.14. The van der Waals surface area contributed by atoms with Crippen molar-refractivity contribution in [2.75, 3.05) is 11.8 Å². The van der Waals surface area contributed by atoms with Gasteiger partial charge in [0.2, 0.25) is 10.0 Å². The van der Waals surface area contributed by atoms with Crippen LogP contribution in [0.5, 0.6) is 5.75 Å². The molecule has 0 unspecified atom stereocenters. The molecular weight excluding hydrogens is 364 g/mol. The Hall–Kier alpha value is -1.81. The van der Waals surface area contributed by atoms with E-state index in [9.17, 15) is 16.8 Å². The standard InChI is InChI=1S/C13H13ClN2O5S2/c1-21-13-7-2-9(14)8-12(13)16-23(19,20)11-5-3-10(4-6-11)22(15,17)18/h2-8,16H,1H3,(H2,15,17,18). The molecule has 23 heavy (non-hydrogen) atoms. The molecule has 0 saturated carbocycles. The quantitative estimate of drug-likeness (QED) is 0.825. The molecule has 0 heterocycles. The summed E-state index contributed by atoms with van der Waals surface area (Å²) in [5, 5.41) is 5.30. The number of benzene rings is 2. The number of ether oxygens (including phenoxy) is 1. The Bertz CT molecular complexity index is 925. The number of primary sulfonamides is 1. The Labute approximate surface area is 139 Å². The zero-order valence-corrected chi connectivity index (χ0v) is 14.2. The van der Waals surface area contributed by atoms with Gasteiger partial charge >= 0.3 is 0 Å². The molecule has 3 N–H and O–H groups in total. The van der Waals surface area contributed by atoms with E-state index in [-0.39, 0.29) is 15.5 Å². The summed E-state index contributed by atoms with van der Waals surface area (Å²) in [6.45, 7) is 0. The van der Waals surface area contributed by atoms with E-state index in [1.165, 1.54) is 19.2 Å².